The van der Waals surface area contributed by atoms with Crippen molar-refractivity contribution in [1.29, 1.82) is 0 Å². The van der Waals surface area contributed by atoms with Gasteiger partial charge in [0.2, 0.25) is 6.79 Å². The first-order chi connectivity index (χ1) is 15.1. The molecule has 2 fully saturated rings. The van der Waals surface area contributed by atoms with E-state index < -0.39 is 0 Å². The molecule has 2 saturated heterocycles. The average Bonchev–Trinajstić information content (AvgIpc) is 3.49. The Hall–Kier alpha value is -2.70. The molecule has 3 aliphatic heterocycles. The van der Waals surface area contributed by atoms with E-state index in [2.05, 4.69) is 26.0 Å². The molecular formula is C25H28O6. The fourth-order valence-corrected chi connectivity index (χ4v) is 4.60. The van der Waals surface area contributed by atoms with Crippen molar-refractivity contribution in [2.75, 3.05) is 33.7 Å². The van der Waals surface area contributed by atoms with Gasteiger partial charge in [-0.15, -0.1) is 0 Å². The van der Waals surface area contributed by atoms with Crippen LogP contribution in [0.25, 0.3) is 0 Å². The molecule has 164 valence electrons. The average molecular weight is 424 g/mol. The lowest BCUT2D eigenvalue weighted by atomic mass is 9.85. The molecule has 31 heavy (non-hydrogen) atoms. The van der Waals surface area contributed by atoms with Crippen LogP contribution in [-0.2, 0) is 9.47 Å². The van der Waals surface area contributed by atoms with Crippen LogP contribution in [0.1, 0.15) is 37.2 Å². The zero-order valence-electron chi connectivity index (χ0n) is 18.1. The van der Waals surface area contributed by atoms with Gasteiger partial charge in [-0.25, -0.2) is 0 Å². The minimum atomic E-state index is -0.0234. The normalized spacial score (nSPS) is 25.9. The highest BCUT2D eigenvalue weighted by Gasteiger charge is 2.48. The Morgan fingerprint density at radius 2 is 1.58 bits per heavy atom. The van der Waals surface area contributed by atoms with E-state index in [9.17, 15) is 0 Å². The van der Waals surface area contributed by atoms with E-state index in [1.807, 2.05) is 30.3 Å². The fourth-order valence-electron chi connectivity index (χ4n) is 4.60. The SMILES string of the molecule is COc1cc([C@H]2OC[C@@H]3[C@H]2CO[C@H]3c2ccc3c(c2)OCO3)ccc1OCC=C(C)C. The van der Waals surface area contributed by atoms with Crippen LogP contribution >= 0.6 is 0 Å². The van der Waals surface area contributed by atoms with Crippen LogP contribution in [-0.4, -0.2) is 33.7 Å². The molecule has 0 unspecified atom stereocenters. The highest BCUT2D eigenvalue weighted by atomic mass is 16.7. The van der Waals surface area contributed by atoms with Gasteiger partial charge in [-0.05, 0) is 55.3 Å². The zero-order valence-corrected chi connectivity index (χ0v) is 18.1. The molecule has 0 saturated carbocycles. The van der Waals surface area contributed by atoms with Gasteiger partial charge in [0.25, 0.3) is 0 Å². The second-order valence-electron chi connectivity index (χ2n) is 8.45. The summed E-state index contributed by atoms with van der Waals surface area (Å²) in [5.41, 5.74) is 3.43. The Morgan fingerprint density at radius 1 is 0.903 bits per heavy atom. The van der Waals surface area contributed by atoms with E-state index in [-0.39, 0.29) is 24.9 Å². The maximum absolute atomic E-state index is 6.26. The first-order valence-electron chi connectivity index (χ1n) is 10.7. The van der Waals surface area contributed by atoms with Crippen molar-refractivity contribution < 1.29 is 28.4 Å². The van der Waals surface area contributed by atoms with Crippen LogP contribution in [0.15, 0.2) is 48.0 Å². The second kappa shape index (κ2) is 8.44. The molecule has 5 rings (SSSR count). The molecule has 6 nitrogen and oxygen atoms in total. The number of hydrogen-bond acceptors (Lipinski definition) is 6. The molecular weight excluding hydrogens is 396 g/mol. The lowest BCUT2D eigenvalue weighted by Gasteiger charge is -2.18. The summed E-state index contributed by atoms with van der Waals surface area (Å²) < 4.78 is 34.9. The van der Waals surface area contributed by atoms with Gasteiger partial charge in [0.15, 0.2) is 23.0 Å². The summed E-state index contributed by atoms with van der Waals surface area (Å²) >= 11 is 0. The quantitative estimate of drug-likeness (QED) is 0.619. The molecule has 3 aliphatic rings. The third-order valence-corrected chi connectivity index (χ3v) is 6.24. The molecule has 0 N–H and O–H groups in total. The molecule has 0 radical (unpaired) electrons. The minimum Gasteiger partial charge on any atom is -0.493 e. The van der Waals surface area contributed by atoms with E-state index in [1.165, 1.54) is 5.57 Å². The number of methoxy groups -OCH3 is 1. The molecule has 0 bridgehead atoms. The highest BCUT2D eigenvalue weighted by Crippen LogP contribution is 2.51. The van der Waals surface area contributed by atoms with Crippen molar-refractivity contribution in [2.45, 2.75) is 26.1 Å². The summed E-state index contributed by atoms with van der Waals surface area (Å²) in [6, 6.07) is 12.1. The van der Waals surface area contributed by atoms with Crippen molar-refractivity contribution in [1.82, 2.24) is 0 Å². The fraction of sp³-hybridized carbons (Fsp3) is 0.440. The van der Waals surface area contributed by atoms with E-state index >= 15 is 0 Å². The van der Waals surface area contributed by atoms with Gasteiger partial charge in [-0.1, -0.05) is 17.7 Å². The van der Waals surface area contributed by atoms with Crippen LogP contribution < -0.4 is 18.9 Å². The molecule has 3 heterocycles. The third kappa shape index (κ3) is 3.86. The van der Waals surface area contributed by atoms with Crippen molar-refractivity contribution >= 4 is 0 Å². The molecule has 0 aliphatic carbocycles. The smallest absolute Gasteiger partial charge is 0.231 e. The second-order valence-corrected chi connectivity index (χ2v) is 8.45. The molecule has 0 aromatic heterocycles. The number of ether oxygens (including phenoxy) is 6. The summed E-state index contributed by atoms with van der Waals surface area (Å²) in [4.78, 5) is 0. The third-order valence-electron chi connectivity index (χ3n) is 6.24. The van der Waals surface area contributed by atoms with Crippen molar-refractivity contribution in [2.24, 2.45) is 11.8 Å². The summed E-state index contributed by atoms with van der Waals surface area (Å²) in [6.45, 7) is 6.23. The standard InChI is InChI=1S/C25H28O6/c1-15(2)8-9-27-20-6-4-16(10-22(20)26-3)24-18-12-29-25(19(18)13-28-24)17-5-7-21-23(11-17)31-14-30-21/h4-8,10-11,18-19,24-25H,9,12-14H2,1-3H3/t18-,19-,24-,25+/m1/s1. The summed E-state index contributed by atoms with van der Waals surface area (Å²) in [5, 5.41) is 0. The maximum atomic E-state index is 6.26. The molecule has 0 spiro atoms. The Kier molecular flexibility index (Phi) is 5.50. The molecule has 2 aromatic rings. The van der Waals surface area contributed by atoms with E-state index in [0.717, 1.165) is 34.1 Å². The molecule has 4 atom stereocenters. The van der Waals surface area contributed by atoms with Crippen LogP contribution in [0.3, 0.4) is 0 Å². The number of hydrogen-bond donors (Lipinski definition) is 0. The van der Waals surface area contributed by atoms with Crippen molar-refractivity contribution in [3.63, 3.8) is 0 Å². The number of allylic oxidation sites excluding steroid dienone is 1. The number of fused-ring (bicyclic) bond motifs is 2. The zero-order chi connectivity index (χ0) is 21.4. The van der Waals surface area contributed by atoms with Crippen molar-refractivity contribution in [3.05, 3.63) is 59.2 Å². The van der Waals surface area contributed by atoms with Crippen molar-refractivity contribution in [3.8, 4) is 23.0 Å². The van der Waals surface area contributed by atoms with Gasteiger partial charge in [0, 0.05) is 11.8 Å². The highest BCUT2D eigenvalue weighted by molar-refractivity contribution is 5.46. The van der Waals surface area contributed by atoms with E-state index in [1.54, 1.807) is 7.11 Å². The van der Waals surface area contributed by atoms with E-state index in [0.29, 0.717) is 25.7 Å². The maximum Gasteiger partial charge on any atom is 0.231 e. The van der Waals surface area contributed by atoms with Crippen LogP contribution in [0.5, 0.6) is 23.0 Å². The summed E-state index contributed by atoms with van der Waals surface area (Å²) in [5.74, 6) is 3.62. The summed E-state index contributed by atoms with van der Waals surface area (Å²) in [7, 11) is 1.67. The lowest BCUT2D eigenvalue weighted by molar-refractivity contribution is 0.0191. The molecule has 0 amide bonds. The van der Waals surface area contributed by atoms with E-state index in [4.69, 9.17) is 28.4 Å². The predicted molar refractivity (Wildman–Crippen MR) is 115 cm³/mol. The summed E-state index contributed by atoms with van der Waals surface area (Å²) in [6.07, 6.45) is 2.02. The minimum absolute atomic E-state index is 0.00178. The predicted octanol–water partition coefficient (Wildman–Crippen LogP) is 4.84. The Balaban J connectivity index is 1.32. The Bertz CT molecular complexity index is 980. The van der Waals surface area contributed by atoms with Gasteiger partial charge in [-0.3, -0.25) is 0 Å². The number of benzene rings is 2. The van der Waals surface area contributed by atoms with Crippen LogP contribution in [0, 0.1) is 11.8 Å². The van der Waals surface area contributed by atoms with Gasteiger partial charge < -0.3 is 28.4 Å². The monoisotopic (exact) mass is 424 g/mol. The van der Waals surface area contributed by atoms with Crippen LogP contribution in [0.2, 0.25) is 0 Å². The van der Waals surface area contributed by atoms with Gasteiger partial charge >= 0.3 is 0 Å². The van der Waals surface area contributed by atoms with Gasteiger partial charge in [0.1, 0.15) is 6.61 Å². The van der Waals surface area contributed by atoms with Gasteiger partial charge in [-0.2, -0.15) is 0 Å². The molecule has 2 aromatic carbocycles. The van der Waals surface area contributed by atoms with Crippen LogP contribution in [0.4, 0.5) is 0 Å². The largest absolute Gasteiger partial charge is 0.493 e. The Labute approximate surface area is 182 Å². The topological polar surface area (TPSA) is 55.4 Å². The lowest BCUT2D eigenvalue weighted by Crippen LogP contribution is -2.14. The number of rotatable bonds is 6. The van der Waals surface area contributed by atoms with Gasteiger partial charge in [0.05, 0.1) is 32.5 Å². The Morgan fingerprint density at radius 3 is 2.29 bits per heavy atom. The first-order valence-corrected chi connectivity index (χ1v) is 10.7. The first kappa shape index (κ1) is 20.2. The molecule has 6 heteroatoms.